The molecule has 0 amide bonds. The van der Waals surface area contributed by atoms with E-state index in [2.05, 4.69) is 33.8 Å². The number of nitrogens with zero attached hydrogens (tertiary/aromatic N) is 1. The molecule has 1 aromatic heterocycles. The van der Waals surface area contributed by atoms with Gasteiger partial charge in [0.15, 0.2) is 0 Å². The smallest absolute Gasteiger partial charge is 0.0938 e. The second kappa shape index (κ2) is 5.98. The number of aliphatic hydroxyl groups excluding tert-OH is 2. The Kier molecular flexibility index (Phi) is 4.80. The molecule has 1 aliphatic rings. The van der Waals surface area contributed by atoms with Crippen molar-refractivity contribution in [1.29, 1.82) is 0 Å². The highest BCUT2D eigenvalue weighted by Crippen LogP contribution is 2.34. The molecule has 4 nitrogen and oxygen atoms in total. The normalized spacial score (nSPS) is 28.5. The van der Waals surface area contributed by atoms with E-state index in [0.717, 1.165) is 10.9 Å². The summed E-state index contributed by atoms with van der Waals surface area (Å²) in [5, 5.41) is 21.4. The Morgan fingerprint density at radius 2 is 2.11 bits per heavy atom. The van der Waals surface area contributed by atoms with Gasteiger partial charge in [0.05, 0.1) is 18.2 Å². The first-order valence-electron chi connectivity index (χ1n) is 6.12. The van der Waals surface area contributed by atoms with Crippen molar-refractivity contribution in [3.05, 3.63) is 20.8 Å². The van der Waals surface area contributed by atoms with Crippen LogP contribution in [0.2, 0.25) is 0 Å². The molecule has 4 N–H and O–H groups in total. The van der Waals surface area contributed by atoms with Gasteiger partial charge in [-0.15, -0.1) is 11.3 Å². The molecule has 0 aromatic carbocycles. The molecule has 2 rings (SSSR count). The molecule has 0 radical (unpaired) electrons. The van der Waals surface area contributed by atoms with Crippen LogP contribution in [0.4, 0.5) is 0 Å². The number of β-amino-alcohol motifs (C(OH)–C–C–N with tert-alkyl or cyclic N) is 2. The van der Waals surface area contributed by atoms with Crippen molar-refractivity contribution in [2.75, 3.05) is 13.1 Å². The molecule has 4 atom stereocenters. The lowest BCUT2D eigenvalue weighted by atomic mass is 10.0. The summed E-state index contributed by atoms with van der Waals surface area (Å²) in [5.74, 6) is 0. The van der Waals surface area contributed by atoms with Crippen LogP contribution in [-0.2, 0) is 0 Å². The first-order valence-corrected chi connectivity index (χ1v) is 7.80. The lowest BCUT2D eigenvalue weighted by Gasteiger charge is -2.31. The minimum absolute atomic E-state index is 0.00745. The van der Waals surface area contributed by atoms with E-state index in [9.17, 15) is 10.2 Å². The van der Waals surface area contributed by atoms with E-state index in [4.69, 9.17) is 5.73 Å². The first kappa shape index (κ1) is 14.4. The third kappa shape index (κ3) is 2.95. The van der Waals surface area contributed by atoms with E-state index >= 15 is 0 Å². The summed E-state index contributed by atoms with van der Waals surface area (Å²) in [6.45, 7) is 3.02. The molecule has 0 bridgehead atoms. The molecule has 18 heavy (non-hydrogen) atoms. The number of nitrogens with two attached hydrogens (primary N) is 1. The van der Waals surface area contributed by atoms with Gasteiger partial charge in [-0.1, -0.05) is 6.92 Å². The number of hydrogen-bond donors (Lipinski definition) is 3. The van der Waals surface area contributed by atoms with E-state index in [-0.39, 0.29) is 12.1 Å². The van der Waals surface area contributed by atoms with E-state index in [1.807, 2.05) is 5.38 Å². The standard InChI is InChI=1S/C12H19BrN2O2S/c1-2-8(14)12(11-3-7(13)6-18-11)15-4-9(16)10(17)5-15/h3,6,8-10,12,16-17H,2,4-5,14H2,1H3. The molecule has 0 saturated carbocycles. The van der Waals surface area contributed by atoms with Crippen molar-refractivity contribution < 1.29 is 10.2 Å². The second-order valence-corrected chi connectivity index (χ2v) is 6.63. The quantitative estimate of drug-likeness (QED) is 0.776. The lowest BCUT2D eigenvalue weighted by molar-refractivity contribution is 0.0572. The van der Waals surface area contributed by atoms with Gasteiger partial charge in [-0.25, -0.2) is 0 Å². The summed E-state index contributed by atoms with van der Waals surface area (Å²) >= 11 is 5.11. The zero-order chi connectivity index (χ0) is 13.3. The summed E-state index contributed by atoms with van der Waals surface area (Å²) in [6.07, 6.45) is -0.469. The molecular weight excluding hydrogens is 316 g/mol. The molecule has 1 saturated heterocycles. The summed E-state index contributed by atoms with van der Waals surface area (Å²) in [6, 6.07) is 2.15. The average Bonchev–Trinajstić information content (AvgIpc) is 2.87. The molecule has 1 aromatic rings. The Morgan fingerprint density at radius 3 is 2.56 bits per heavy atom. The Morgan fingerprint density at radius 1 is 1.50 bits per heavy atom. The third-order valence-corrected chi connectivity index (χ3v) is 5.20. The Bertz CT molecular complexity index is 391. The minimum Gasteiger partial charge on any atom is -0.389 e. The van der Waals surface area contributed by atoms with Crippen molar-refractivity contribution >= 4 is 27.3 Å². The molecule has 0 aliphatic carbocycles. The largest absolute Gasteiger partial charge is 0.389 e. The number of likely N-dealkylation sites (tertiary alicyclic amines) is 1. The molecule has 0 spiro atoms. The van der Waals surface area contributed by atoms with Gasteiger partial charge in [0.25, 0.3) is 0 Å². The van der Waals surface area contributed by atoms with E-state index in [1.165, 1.54) is 4.88 Å². The molecule has 1 aliphatic heterocycles. The van der Waals surface area contributed by atoms with Crippen molar-refractivity contribution in [2.45, 2.75) is 37.6 Å². The predicted octanol–water partition coefficient (Wildman–Crippen LogP) is 1.33. The van der Waals surface area contributed by atoms with Gasteiger partial charge in [0, 0.05) is 33.9 Å². The Labute approximate surface area is 120 Å². The van der Waals surface area contributed by atoms with Gasteiger partial charge < -0.3 is 15.9 Å². The summed E-state index contributed by atoms with van der Waals surface area (Å²) in [5.41, 5.74) is 6.22. The summed E-state index contributed by atoms with van der Waals surface area (Å²) in [7, 11) is 0. The number of hydrogen-bond acceptors (Lipinski definition) is 5. The highest BCUT2D eigenvalue weighted by atomic mass is 79.9. The van der Waals surface area contributed by atoms with E-state index in [1.54, 1.807) is 11.3 Å². The maximum atomic E-state index is 9.69. The Balaban J connectivity index is 2.21. The van der Waals surface area contributed by atoms with Crippen LogP contribution >= 0.6 is 27.3 Å². The maximum absolute atomic E-state index is 9.69. The van der Waals surface area contributed by atoms with Crippen LogP contribution in [0, 0.1) is 0 Å². The van der Waals surface area contributed by atoms with Crippen LogP contribution in [0.25, 0.3) is 0 Å². The molecule has 6 heteroatoms. The number of thiophene rings is 1. The molecule has 2 heterocycles. The molecular formula is C12H19BrN2O2S. The minimum atomic E-state index is -0.667. The fourth-order valence-electron chi connectivity index (χ4n) is 2.39. The van der Waals surface area contributed by atoms with E-state index in [0.29, 0.717) is 13.1 Å². The zero-order valence-electron chi connectivity index (χ0n) is 10.3. The van der Waals surface area contributed by atoms with Gasteiger partial charge in [-0.05, 0) is 28.4 Å². The molecule has 4 unspecified atom stereocenters. The summed E-state index contributed by atoms with van der Waals surface area (Å²) in [4.78, 5) is 3.26. The Hall–Kier alpha value is 0.0200. The van der Waals surface area contributed by atoms with Gasteiger partial charge in [0.1, 0.15) is 0 Å². The predicted molar refractivity (Wildman–Crippen MR) is 76.6 cm³/mol. The van der Waals surface area contributed by atoms with Gasteiger partial charge in [0.2, 0.25) is 0 Å². The van der Waals surface area contributed by atoms with E-state index < -0.39 is 12.2 Å². The second-order valence-electron chi connectivity index (χ2n) is 4.77. The first-order chi connectivity index (χ1) is 8.52. The van der Waals surface area contributed by atoms with Crippen molar-refractivity contribution in [3.8, 4) is 0 Å². The SMILES string of the molecule is CCC(N)C(c1cc(Br)cs1)N1CC(O)C(O)C1. The van der Waals surface area contributed by atoms with Gasteiger partial charge >= 0.3 is 0 Å². The fourth-order valence-corrected chi connectivity index (χ4v) is 4.05. The monoisotopic (exact) mass is 334 g/mol. The highest BCUT2D eigenvalue weighted by molar-refractivity contribution is 9.10. The van der Waals surface area contributed by atoms with Crippen LogP contribution < -0.4 is 5.73 Å². The average molecular weight is 335 g/mol. The van der Waals surface area contributed by atoms with Crippen LogP contribution in [0.5, 0.6) is 0 Å². The lowest BCUT2D eigenvalue weighted by Crippen LogP contribution is -2.40. The van der Waals surface area contributed by atoms with Gasteiger partial charge in [-0.3, -0.25) is 4.90 Å². The third-order valence-electron chi connectivity index (χ3n) is 3.44. The van der Waals surface area contributed by atoms with Crippen LogP contribution in [0.15, 0.2) is 15.9 Å². The topological polar surface area (TPSA) is 69.7 Å². The van der Waals surface area contributed by atoms with Crippen molar-refractivity contribution in [2.24, 2.45) is 5.73 Å². The zero-order valence-corrected chi connectivity index (χ0v) is 12.7. The summed E-state index contributed by atoms with van der Waals surface area (Å²) < 4.78 is 1.05. The molecule has 102 valence electrons. The van der Waals surface area contributed by atoms with Crippen LogP contribution in [-0.4, -0.2) is 46.5 Å². The fraction of sp³-hybridized carbons (Fsp3) is 0.667. The molecule has 1 fully saturated rings. The number of rotatable bonds is 4. The van der Waals surface area contributed by atoms with Crippen LogP contribution in [0.3, 0.4) is 0 Å². The van der Waals surface area contributed by atoms with Gasteiger partial charge in [-0.2, -0.15) is 0 Å². The number of aliphatic hydroxyl groups is 2. The van der Waals surface area contributed by atoms with Crippen molar-refractivity contribution in [3.63, 3.8) is 0 Å². The maximum Gasteiger partial charge on any atom is 0.0938 e. The number of halogens is 1. The van der Waals surface area contributed by atoms with Crippen molar-refractivity contribution in [1.82, 2.24) is 4.90 Å². The van der Waals surface area contributed by atoms with Crippen LogP contribution in [0.1, 0.15) is 24.3 Å². The highest BCUT2D eigenvalue weighted by Gasteiger charge is 2.37.